The molecule has 0 atom stereocenters. The molecule has 1 amide bonds. The van der Waals surface area contributed by atoms with Gasteiger partial charge in [0.15, 0.2) is 11.5 Å². The molecule has 0 bridgehead atoms. The van der Waals surface area contributed by atoms with Crippen LogP contribution in [-0.2, 0) is 17.8 Å². The number of rotatable bonds is 8. The van der Waals surface area contributed by atoms with Crippen molar-refractivity contribution in [3.05, 3.63) is 91.4 Å². The molecule has 1 N–H and O–H groups in total. The lowest BCUT2D eigenvalue weighted by Crippen LogP contribution is -2.20. The van der Waals surface area contributed by atoms with Crippen LogP contribution in [0, 0.1) is 13.8 Å². The van der Waals surface area contributed by atoms with E-state index in [1.165, 1.54) is 13.3 Å². The maximum atomic E-state index is 12.2. The molecular formula is C25H23Cl3N2O3. The first-order valence-electron chi connectivity index (χ1n) is 10.1. The van der Waals surface area contributed by atoms with Crippen molar-refractivity contribution < 1.29 is 14.3 Å². The summed E-state index contributed by atoms with van der Waals surface area (Å²) in [5.41, 5.74) is 7.13. The van der Waals surface area contributed by atoms with Crippen LogP contribution in [0.25, 0.3) is 0 Å². The van der Waals surface area contributed by atoms with Gasteiger partial charge in [-0.3, -0.25) is 4.79 Å². The summed E-state index contributed by atoms with van der Waals surface area (Å²) in [7, 11) is 1.51. The third-order valence-electron chi connectivity index (χ3n) is 4.89. The Hall–Kier alpha value is -2.73. The number of hydrazone groups is 1. The molecule has 3 aromatic rings. The molecule has 0 heterocycles. The minimum atomic E-state index is -0.212. The van der Waals surface area contributed by atoms with Crippen molar-refractivity contribution in [2.45, 2.75) is 26.9 Å². The molecule has 172 valence electrons. The summed E-state index contributed by atoms with van der Waals surface area (Å²) in [5.74, 6) is 0.591. The Kier molecular flexibility index (Phi) is 8.61. The van der Waals surface area contributed by atoms with E-state index >= 15 is 0 Å². The fraction of sp³-hybridized carbons (Fsp3) is 0.200. The van der Waals surface area contributed by atoms with Crippen LogP contribution in [0.1, 0.15) is 27.8 Å². The van der Waals surface area contributed by atoms with Gasteiger partial charge in [-0.25, -0.2) is 5.43 Å². The number of aryl methyl sites for hydroxylation is 2. The van der Waals surface area contributed by atoms with Crippen molar-refractivity contribution in [1.29, 1.82) is 0 Å². The van der Waals surface area contributed by atoms with Gasteiger partial charge in [0.2, 0.25) is 5.91 Å². The quantitative estimate of drug-likeness (QED) is 0.279. The zero-order valence-corrected chi connectivity index (χ0v) is 20.7. The smallest absolute Gasteiger partial charge is 0.244 e. The SMILES string of the molecule is COc1cc(/C=N/NC(=O)Cc2ccc(C)cc2C)cc(Cl)c1OCc1ccc(Cl)cc1Cl. The highest BCUT2D eigenvalue weighted by atomic mass is 35.5. The summed E-state index contributed by atoms with van der Waals surface area (Å²) in [6.07, 6.45) is 1.74. The highest BCUT2D eigenvalue weighted by Gasteiger charge is 2.13. The van der Waals surface area contributed by atoms with Gasteiger partial charge in [-0.1, -0.05) is 64.6 Å². The summed E-state index contributed by atoms with van der Waals surface area (Å²) < 4.78 is 11.3. The third kappa shape index (κ3) is 6.87. The number of carbonyl (C=O) groups excluding carboxylic acids is 1. The highest BCUT2D eigenvalue weighted by molar-refractivity contribution is 6.35. The molecular weight excluding hydrogens is 483 g/mol. The zero-order valence-electron chi connectivity index (χ0n) is 18.4. The summed E-state index contributed by atoms with van der Waals surface area (Å²) >= 11 is 18.6. The largest absolute Gasteiger partial charge is 0.493 e. The minimum absolute atomic E-state index is 0.188. The fourth-order valence-corrected chi connectivity index (χ4v) is 3.92. The van der Waals surface area contributed by atoms with Gasteiger partial charge < -0.3 is 9.47 Å². The number of carbonyl (C=O) groups is 1. The molecule has 0 fully saturated rings. The van der Waals surface area contributed by atoms with E-state index in [0.717, 1.165) is 22.3 Å². The van der Waals surface area contributed by atoms with Gasteiger partial charge >= 0.3 is 0 Å². The predicted octanol–water partition coefficient (Wildman–Crippen LogP) is 6.54. The van der Waals surface area contributed by atoms with E-state index in [-0.39, 0.29) is 18.9 Å². The van der Waals surface area contributed by atoms with Crippen LogP contribution in [0.2, 0.25) is 15.1 Å². The number of ether oxygens (including phenoxy) is 2. The van der Waals surface area contributed by atoms with Crippen LogP contribution >= 0.6 is 34.8 Å². The summed E-state index contributed by atoms with van der Waals surface area (Å²) in [6.45, 7) is 4.19. The van der Waals surface area contributed by atoms with Crippen molar-refractivity contribution in [2.24, 2.45) is 5.10 Å². The van der Waals surface area contributed by atoms with Crippen molar-refractivity contribution in [3.63, 3.8) is 0 Å². The second kappa shape index (κ2) is 11.4. The number of hydrogen-bond acceptors (Lipinski definition) is 4. The van der Waals surface area contributed by atoms with E-state index in [9.17, 15) is 4.79 Å². The first kappa shape index (κ1) is 24.9. The summed E-state index contributed by atoms with van der Waals surface area (Å²) in [5, 5.41) is 5.41. The van der Waals surface area contributed by atoms with Crippen molar-refractivity contribution >= 4 is 46.9 Å². The zero-order chi connectivity index (χ0) is 24.0. The van der Waals surface area contributed by atoms with E-state index in [2.05, 4.69) is 10.5 Å². The van der Waals surface area contributed by atoms with Gasteiger partial charge in [0.1, 0.15) is 6.61 Å². The van der Waals surface area contributed by atoms with Crippen LogP contribution in [-0.4, -0.2) is 19.2 Å². The predicted molar refractivity (Wildman–Crippen MR) is 134 cm³/mol. The standard InChI is InChI=1S/C25H23Cl3N2O3/c1-15-4-5-18(16(2)8-15)11-24(31)30-29-13-17-9-22(28)25(23(10-17)32-3)33-14-19-6-7-20(26)12-21(19)27/h4-10,12-13H,11,14H2,1-3H3,(H,30,31)/b29-13+. The topological polar surface area (TPSA) is 59.9 Å². The molecule has 0 aliphatic heterocycles. The molecule has 0 saturated carbocycles. The van der Waals surface area contributed by atoms with E-state index in [0.29, 0.717) is 32.1 Å². The average molecular weight is 506 g/mol. The van der Waals surface area contributed by atoms with E-state index in [1.807, 2.05) is 32.0 Å². The molecule has 33 heavy (non-hydrogen) atoms. The highest BCUT2D eigenvalue weighted by Crippen LogP contribution is 2.37. The first-order chi connectivity index (χ1) is 15.8. The van der Waals surface area contributed by atoms with Crippen molar-refractivity contribution in [1.82, 2.24) is 5.43 Å². The maximum absolute atomic E-state index is 12.2. The second-order valence-electron chi connectivity index (χ2n) is 7.46. The van der Waals surface area contributed by atoms with Gasteiger partial charge in [0.25, 0.3) is 0 Å². The second-order valence-corrected chi connectivity index (χ2v) is 8.71. The van der Waals surface area contributed by atoms with Crippen LogP contribution < -0.4 is 14.9 Å². The van der Waals surface area contributed by atoms with Crippen LogP contribution in [0.15, 0.2) is 53.6 Å². The third-order valence-corrected chi connectivity index (χ3v) is 5.76. The average Bonchev–Trinajstić information content (AvgIpc) is 2.75. The molecule has 3 aromatic carbocycles. The Balaban J connectivity index is 1.65. The van der Waals surface area contributed by atoms with E-state index < -0.39 is 0 Å². The molecule has 5 nitrogen and oxygen atoms in total. The van der Waals surface area contributed by atoms with E-state index in [1.54, 1.807) is 30.3 Å². The normalized spacial score (nSPS) is 11.0. The molecule has 3 rings (SSSR count). The number of methoxy groups -OCH3 is 1. The number of nitrogens with one attached hydrogen (secondary N) is 1. The monoisotopic (exact) mass is 504 g/mol. The van der Waals surface area contributed by atoms with Crippen LogP contribution in [0.5, 0.6) is 11.5 Å². The van der Waals surface area contributed by atoms with Gasteiger partial charge in [0.05, 0.1) is 24.8 Å². The number of nitrogens with zero attached hydrogens (tertiary/aromatic N) is 1. The lowest BCUT2D eigenvalue weighted by molar-refractivity contribution is -0.120. The molecule has 0 spiro atoms. The van der Waals surface area contributed by atoms with Crippen LogP contribution in [0.3, 0.4) is 0 Å². The molecule has 0 saturated heterocycles. The lowest BCUT2D eigenvalue weighted by atomic mass is 10.0. The van der Waals surface area contributed by atoms with Gasteiger partial charge in [-0.05, 0) is 54.8 Å². The lowest BCUT2D eigenvalue weighted by Gasteiger charge is -2.14. The summed E-state index contributed by atoms with van der Waals surface area (Å²) in [6, 6.07) is 14.5. The van der Waals surface area contributed by atoms with Crippen LogP contribution in [0.4, 0.5) is 0 Å². The Morgan fingerprint density at radius 3 is 2.45 bits per heavy atom. The number of halogens is 3. The number of benzene rings is 3. The van der Waals surface area contributed by atoms with Crippen molar-refractivity contribution in [3.8, 4) is 11.5 Å². The molecule has 0 aliphatic carbocycles. The maximum Gasteiger partial charge on any atom is 0.244 e. The Morgan fingerprint density at radius 2 is 1.76 bits per heavy atom. The first-order valence-corrected chi connectivity index (χ1v) is 11.2. The summed E-state index contributed by atoms with van der Waals surface area (Å²) in [4.78, 5) is 12.2. The Labute approximate surface area is 208 Å². The fourth-order valence-electron chi connectivity index (χ4n) is 3.18. The van der Waals surface area contributed by atoms with E-state index in [4.69, 9.17) is 44.3 Å². The number of amides is 1. The molecule has 0 aliphatic rings. The Bertz CT molecular complexity index is 1200. The van der Waals surface area contributed by atoms with Crippen molar-refractivity contribution in [2.75, 3.05) is 7.11 Å². The number of hydrogen-bond donors (Lipinski definition) is 1. The van der Waals surface area contributed by atoms with Gasteiger partial charge in [0, 0.05) is 15.6 Å². The van der Waals surface area contributed by atoms with Gasteiger partial charge in [-0.15, -0.1) is 0 Å². The minimum Gasteiger partial charge on any atom is -0.493 e. The Morgan fingerprint density at radius 1 is 1.00 bits per heavy atom. The van der Waals surface area contributed by atoms with Gasteiger partial charge in [-0.2, -0.15) is 5.10 Å². The molecule has 0 radical (unpaired) electrons. The molecule has 0 aromatic heterocycles. The molecule has 0 unspecified atom stereocenters. The molecule has 8 heteroatoms.